The molecule has 2 atom stereocenters. The average Bonchev–Trinajstić information content (AvgIpc) is 3.15. The third kappa shape index (κ3) is 8.85. The van der Waals surface area contributed by atoms with Crippen LogP contribution in [0.1, 0.15) is 0 Å². The molecule has 0 saturated heterocycles. The molecule has 290 valence electrons. The zero-order valence-electron chi connectivity index (χ0n) is 28.7. The Labute approximate surface area is 329 Å². The van der Waals surface area contributed by atoms with E-state index in [2.05, 4.69) is 52.5 Å². The summed E-state index contributed by atoms with van der Waals surface area (Å²) in [6, 6.07) is 9.73. The molecule has 0 radical (unpaired) electrons. The van der Waals surface area contributed by atoms with Crippen LogP contribution in [0.4, 0.5) is 31.5 Å². The number of hydrogen-bond acceptors (Lipinski definition) is 12. The maximum absolute atomic E-state index is 14.3. The van der Waals surface area contributed by atoms with Gasteiger partial charge in [0, 0.05) is 29.1 Å². The fourth-order valence-corrected chi connectivity index (χ4v) is 6.22. The van der Waals surface area contributed by atoms with Gasteiger partial charge in [-0.1, -0.05) is 43.5 Å². The quantitative estimate of drug-likeness (QED) is 0.117. The van der Waals surface area contributed by atoms with Crippen molar-refractivity contribution in [1.82, 2.24) is 28.2 Å². The lowest BCUT2D eigenvalue weighted by Gasteiger charge is -2.16. The van der Waals surface area contributed by atoms with Crippen LogP contribution in [-0.2, 0) is 27.2 Å². The van der Waals surface area contributed by atoms with Gasteiger partial charge >= 0.3 is 0 Å². The summed E-state index contributed by atoms with van der Waals surface area (Å²) in [5.41, 5.74) is -1.96. The first-order chi connectivity index (χ1) is 26.1. The Balaban J connectivity index is 0.000000211. The minimum atomic E-state index is -1.18. The van der Waals surface area contributed by atoms with Gasteiger partial charge in [-0.05, 0) is 36.4 Å². The molecule has 2 aromatic carbocycles. The van der Waals surface area contributed by atoms with E-state index < -0.39 is 59.3 Å². The van der Waals surface area contributed by atoms with Crippen molar-refractivity contribution in [3.8, 4) is 0 Å². The van der Waals surface area contributed by atoms with Crippen molar-refractivity contribution in [2.75, 3.05) is 23.8 Å². The molecule has 4 aromatic heterocycles. The molecule has 0 unspecified atom stereocenters. The lowest BCUT2D eigenvalue weighted by Crippen LogP contribution is -2.31. The topological polar surface area (TPSA) is 219 Å². The maximum Gasteiger partial charge on any atom is 0.272 e. The van der Waals surface area contributed by atoms with Crippen LogP contribution >= 0.6 is 43.5 Å². The number of halogens is 5. The highest BCUT2D eigenvalue weighted by Gasteiger charge is 2.21. The number of aliphatic hydroxyl groups is 4. The fourth-order valence-electron chi connectivity index (χ4n) is 5.29. The second-order valence-corrected chi connectivity index (χ2v) is 14.2. The molecule has 4 heterocycles. The Morgan fingerprint density at radius 3 is 1.67 bits per heavy atom. The summed E-state index contributed by atoms with van der Waals surface area (Å²) in [6.07, 6.45) is 0.0171. The zero-order valence-corrected chi connectivity index (χ0v) is 32.6. The van der Waals surface area contributed by atoms with Crippen molar-refractivity contribution in [3.05, 3.63) is 122 Å². The second-order valence-electron chi connectivity index (χ2n) is 12.0. The first-order valence-corrected chi connectivity index (χ1v) is 17.9. The van der Waals surface area contributed by atoms with Gasteiger partial charge in [0.2, 0.25) is 0 Å². The summed E-state index contributed by atoms with van der Waals surface area (Å²) in [6.45, 7) is -1.46. The van der Waals surface area contributed by atoms with Crippen LogP contribution in [0.25, 0.3) is 22.1 Å². The normalized spacial score (nSPS) is 12.3. The Morgan fingerprint density at radius 2 is 1.18 bits per heavy atom. The van der Waals surface area contributed by atoms with Crippen molar-refractivity contribution >= 4 is 88.3 Å². The van der Waals surface area contributed by atoms with Gasteiger partial charge in [-0.25, -0.2) is 18.7 Å². The number of aromatic nitrogens is 6. The minimum Gasteiger partial charge on any atom is -0.394 e. The third-order valence-corrected chi connectivity index (χ3v) is 9.47. The molecule has 55 heavy (non-hydrogen) atoms. The average molecular weight is 913 g/mol. The van der Waals surface area contributed by atoms with E-state index >= 15 is 0 Å². The largest absolute Gasteiger partial charge is 0.394 e. The van der Waals surface area contributed by atoms with E-state index in [0.717, 1.165) is 20.0 Å². The second kappa shape index (κ2) is 17.3. The van der Waals surface area contributed by atoms with E-state index in [0.29, 0.717) is 8.95 Å². The summed E-state index contributed by atoms with van der Waals surface area (Å²) >= 11 is 12.5. The Kier molecular flexibility index (Phi) is 13.0. The van der Waals surface area contributed by atoms with Gasteiger partial charge in [0.15, 0.2) is 11.3 Å². The molecule has 6 N–H and O–H groups in total. The van der Waals surface area contributed by atoms with Gasteiger partial charge in [-0.15, -0.1) is 0 Å². The third-order valence-electron chi connectivity index (χ3n) is 8.13. The van der Waals surface area contributed by atoms with Gasteiger partial charge in [-0.3, -0.25) is 37.4 Å². The van der Waals surface area contributed by atoms with Gasteiger partial charge in [0.05, 0.1) is 73.9 Å². The van der Waals surface area contributed by atoms with Crippen LogP contribution in [0, 0.1) is 11.6 Å². The number of rotatable bonds is 10. The first kappa shape index (κ1) is 41.3. The number of hydrogen-bond donors (Lipinski definition) is 6. The molecule has 0 aliphatic rings. The lowest BCUT2D eigenvalue weighted by atomic mass is 10.2. The summed E-state index contributed by atoms with van der Waals surface area (Å²) in [4.78, 5) is 58.7. The molecule has 16 nitrogen and oxygen atoms in total. The molecular formula is C34H31Br2ClF2N8O8. The number of aryl methyl sites for hydroxylation is 2. The number of nitrogens with zero attached hydrogens (tertiary/aromatic N) is 6. The summed E-state index contributed by atoms with van der Waals surface area (Å²) in [5.74, 6) is -1.20. The summed E-state index contributed by atoms with van der Waals surface area (Å²) < 4.78 is 34.0. The highest BCUT2D eigenvalue weighted by atomic mass is 79.9. The molecule has 0 saturated carbocycles. The van der Waals surface area contributed by atoms with Crippen molar-refractivity contribution in [3.63, 3.8) is 0 Å². The zero-order chi connectivity index (χ0) is 40.3. The van der Waals surface area contributed by atoms with Gasteiger partial charge in [-0.2, -0.15) is 0 Å². The van der Waals surface area contributed by atoms with Gasteiger partial charge in [0.1, 0.15) is 27.4 Å². The molecule has 6 aromatic rings. The fraction of sp³-hybridized carbons (Fsp3) is 0.235. The van der Waals surface area contributed by atoms with E-state index in [1.807, 2.05) is 0 Å². The Bertz CT molecular complexity index is 2670. The molecule has 0 bridgehead atoms. The van der Waals surface area contributed by atoms with Crippen molar-refractivity contribution in [2.45, 2.75) is 25.3 Å². The predicted molar refractivity (Wildman–Crippen MR) is 208 cm³/mol. The maximum atomic E-state index is 14.3. The van der Waals surface area contributed by atoms with E-state index in [1.165, 1.54) is 55.3 Å². The smallest absolute Gasteiger partial charge is 0.272 e. The Hall–Kier alpha value is -4.83. The molecule has 0 fully saturated rings. The molecule has 21 heteroatoms. The van der Waals surface area contributed by atoms with Crippen LogP contribution in [0.2, 0.25) is 5.02 Å². The SMILES string of the molecule is Cn1c(=O)c(Cl)c(Nc2ccc(Br)cc2F)c2c(=O)n(C[C@@H](O)CO)cnc21.Cn1c(=O)cc(Nc2ccc(Br)cc2F)c2c(=O)n(C[C@@H](O)CO)cnc21. The van der Waals surface area contributed by atoms with E-state index in [1.54, 1.807) is 12.1 Å². The summed E-state index contributed by atoms with van der Waals surface area (Å²) in [7, 11) is 2.87. The molecule has 0 spiro atoms. The van der Waals surface area contributed by atoms with Crippen LogP contribution in [-0.4, -0.2) is 74.1 Å². The number of aliphatic hydroxyl groups excluding tert-OH is 4. The van der Waals surface area contributed by atoms with Crippen molar-refractivity contribution < 1.29 is 29.2 Å². The van der Waals surface area contributed by atoms with Crippen LogP contribution < -0.4 is 32.9 Å². The Morgan fingerprint density at radius 1 is 0.709 bits per heavy atom. The van der Waals surface area contributed by atoms with E-state index in [9.17, 15) is 38.2 Å². The van der Waals surface area contributed by atoms with Gasteiger partial charge in [0.25, 0.3) is 22.2 Å². The minimum absolute atomic E-state index is 0.00449. The number of anilines is 4. The highest BCUT2D eigenvalue weighted by Crippen LogP contribution is 2.30. The number of benzene rings is 2. The van der Waals surface area contributed by atoms with Gasteiger partial charge < -0.3 is 31.1 Å². The summed E-state index contributed by atoms with van der Waals surface area (Å²) in [5, 5.41) is 42.4. The standard InChI is InChI=1S/C17H15BrClFN4O4.C17H16BrFN4O4/c1-23-15-12(16(27)24(7-21-15)5-9(26)6-25)14(13(19)17(23)28)22-11-3-2-8(18)4-10(11)20;1-22-14(26)5-13(21-12-3-2-9(18)4-11(12)19)15-16(22)20-8-23(17(15)27)6-10(25)7-24/h2-4,7,9,22,25-26H,5-6H2,1H3;2-5,8,10,21,24-25H,6-7H2,1H3/t9-;10-/m11/s1. The van der Waals surface area contributed by atoms with E-state index in [4.69, 9.17) is 21.8 Å². The molecule has 0 amide bonds. The first-order valence-electron chi connectivity index (χ1n) is 15.9. The van der Waals surface area contributed by atoms with Crippen LogP contribution in [0.5, 0.6) is 0 Å². The number of fused-ring (bicyclic) bond motifs is 2. The van der Waals surface area contributed by atoms with Crippen LogP contribution in [0.15, 0.2) is 83.2 Å². The van der Waals surface area contributed by atoms with Crippen LogP contribution in [0.3, 0.4) is 0 Å². The predicted octanol–water partition coefficient (Wildman–Crippen LogP) is 2.84. The molecule has 0 aliphatic carbocycles. The number of nitrogens with one attached hydrogen (secondary N) is 2. The van der Waals surface area contributed by atoms with Crippen molar-refractivity contribution in [2.24, 2.45) is 14.1 Å². The number of pyridine rings is 2. The molecular weight excluding hydrogens is 882 g/mol. The van der Waals surface area contributed by atoms with Crippen molar-refractivity contribution in [1.29, 1.82) is 0 Å². The highest BCUT2D eigenvalue weighted by molar-refractivity contribution is 9.10. The molecule has 6 rings (SSSR count). The van der Waals surface area contributed by atoms with E-state index in [-0.39, 0.29) is 62.9 Å². The lowest BCUT2D eigenvalue weighted by molar-refractivity contribution is 0.0802. The molecule has 0 aliphatic heterocycles. The monoisotopic (exact) mass is 910 g/mol.